The zero-order valence-corrected chi connectivity index (χ0v) is 12.3. The third-order valence-electron chi connectivity index (χ3n) is 3.32. The van der Waals surface area contributed by atoms with Crippen molar-refractivity contribution in [2.75, 3.05) is 19.6 Å². The third-order valence-corrected chi connectivity index (χ3v) is 4.31. The Morgan fingerprint density at radius 3 is 3.00 bits per heavy atom. The summed E-state index contributed by atoms with van der Waals surface area (Å²) in [6, 6.07) is 3.77. The summed E-state index contributed by atoms with van der Waals surface area (Å²) in [5.41, 5.74) is 5.58. The van der Waals surface area contributed by atoms with Crippen LogP contribution in [0.25, 0.3) is 0 Å². The van der Waals surface area contributed by atoms with E-state index in [9.17, 15) is 4.79 Å². The fraction of sp³-hybridized carbons (Fsp3) is 0.533. The van der Waals surface area contributed by atoms with E-state index in [0.717, 1.165) is 29.3 Å². The molecule has 2 N–H and O–H groups in total. The number of nitrogens with two attached hydrogens (primary N) is 1. The zero-order chi connectivity index (χ0) is 13.9. The van der Waals surface area contributed by atoms with Crippen molar-refractivity contribution in [1.82, 2.24) is 4.90 Å². The van der Waals surface area contributed by atoms with Gasteiger partial charge in [-0.05, 0) is 30.4 Å². The number of thiophene rings is 1. The summed E-state index contributed by atoms with van der Waals surface area (Å²) < 4.78 is 0. The molecule has 1 saturated heterocycles. The fourth-order valence-corrected chi connectivity index (χ4v) is 3.26. The predicted molar refractivity (Wildman–Crippen MR) is 79.2 cm³/mol. The summed E-state index contributed by atoms with van der Waals surface area (Å²) >= 11 is 1.45. The number of carbonyl (C=O) groups excluding carboxylic acids is 1. The molecule has 0 atom stereocenters. The van der Waals surface area contributed by atoms with E-state index >= 15 is 0 Å². The molecule has 1 aliphatic rings. The molecular formula is C15H20N2OS. The lowest BCUT2D eigenvalue weighted by Crippen LogP contribution is -2.43. The largest absolute Gasteiger partial charge is 0.337 e. The van der Waals surface area contributed by atoms with Gasteiger partial charge in [-0.15, -0.1) is 11.3 Å². The van der Waals surface area contributed by atoms with E-state index in [1.165, 1.54) is 17.8 Å². The summed E-state index contributed by atoms with van der Waals surface area (Å²) in [7, 11) is 0. The van der Waals surface area contributed by atoms with Crippen LogP contribution < -0.4 is 5.73 Å². The lowest BCUT2D eigenvalue weighted by atomic mass is 9.84. The van der Waals surface area contributed by atoms with Crippen molar-refractivity contribution in [3.05, 3.63) is 21.9 Å². The van der Waals surface area contributed by atoms with Crippen LogP contribution in [0, 0.1) is 17.3 Å². The van der Waals surface area contributed by atoms with Gasteiger partial charge < -0.3 is 10.6 Å². The quantitative estimate of drug-likeness (QED) is 0.800. The number of carbonyl (C=O) groups is 1. The first-order valence-corrected chi connectivity index (χ1v) is 7.41. The van der Waals surface area contributed by atoms with Crippen LogP contribution in [0.1, 0.15) is 41.2 Å². The topological polar surface area (TPSA) is 46.3 Å². The highest BCUT2D eigenvalue weighted by molar-refractivity contribution is 7.14. The molecule has 1 fully saturated rings. The standard InChI is InChI=1S/C15H20N2OS/c1-15(2)8-4-10-17(11-15)14(18)13-7-6-12(19-13)5-3-9-16/h6-7H,4,8-11,16H2,1-2H3. The first-order chi connectivity index (χ1) is 9.02. The van der Waals surface area contributed by atoms with Crippen molar-refractivity contribution < 1.29 is 4.79 Å². The minimum atomic E-state index is 0.138. The van der Waals surface area contributed by atoms with Gasteiger partial charge in [0, 0.05) is 13.1 Å². The lowest BCUT2D eigenvalue weighted by Gasteiger charge is -2.37. The molecule has 0 bridgehead atoms. The van der Waals surface area contributed by atoms with Crippen LogP contribution in [0.4, 0.5) is 0 Å². The Kier molecular flexibility index (Phi) is 4.28. The molecule has 2 rings (SSSR count). The Labute approximate surface area is 118 Å². The van der Waals surface area contributed by atoms with Crippen LogP contribution in [-0.2, 0) is 0 Å². The Bertz CT molecular complexity index is 522. The zero-order valence-electron chi connectivity index (χ0n) is 11.5. The molecule has 0 aliphatic carbocycles. The number of likely N-dealkylation sites (tertiary alicyclic amines) is 1. The highest BCUT2D eigenvalue weighted by atomic mass is 32.1. The summed E-state index contributed by atoms with van der Waals surface area (Å²) in [6.45, 7) is 6.50. The van der Waals surface area contributed by atoms with Crippen molar-refractivity contribution >= 4 is 17.2 Å². The maximum absolute atomic E-state index is 12.4. The van der Waals surface area contributed by atoms with Crippen molar-refractivity contribution in [3.8, 4) is 11.8 Å². The van der Waals surface area contributed by atoms with E-state index in [4.69, 9.17) is 5.73 Å². The van der Waals surface area contributed by atoms with Crippen LogP contribution in [0.3, 0.4) is 0 Å². The number of piperidine rings is 1. The van der Waals surface area contributed by atoms with E-state index in [1.807, 2.05) is 17.0 Å². The molecule has 2 heterocycles. The van der Waals surface area contributed by atoms with Crippen LogP contribution in [0.15, 0.2) is 12.1 Å². The van der Waals surface area contributed by atoms with E-state index in [-0.39, 0.29) is 11.3 Å². The normalized spacial score (nSPS) is 17.7. The Morgan fingerprint density at radius 2 is 2.32 bits per heavy atom. The molecule has 1 aromatic heterocycles. The Morgan fingerprint density at radius 1 is 1.53 bits per heavy atom. The second-order valence-corrected chi connectivity index (χ2v) is 6.75. The molecule has 102 valence electrons. The molecule has 1 aliphatic heterocycles. The number of rotatable bonds is 1. The van der Waals surface area contributed by atoms with Crippen LogP contribution in [0.2, 0.25) is 0 Å². The fourth-order valence-electron chi connectivity index (χ4n) is 2.41. The van der Waals surface area contributed by atoms with Gasteiger partial charge in [-0.1, -0.05) is 25.7 Å². The molecule has 19 heavy (non-hydrogen) atoms. The highest BCUT2D eigenvalue weighted by Crippen LogP contribution is 2.30. The van der Waals surface area contributed by atoms with Gasteiger partial charge in [0.15, 0.2) is 0 Å². The van der Waals surface area contributed by atoms with Crippen LogP contribution >= 0.6 is 11.3 Å². The van der Waals surface area contributed by atoms with Gasteiger partial charge in [-0.3, -0.25) is 4.79 Å². The van der Waals surface area contributed by atoms with Crippen molar-refractivity contribution in [1.29, 1.82) is 0 Å². The van der Waals surface area contributed by atoms with Gasteiger partial charge in [0.05, 0.1) is 16.3 Å². The molecule has 3 nitrogen and oxygen atoms in total. The first-order valence-electron chi connectivity index (χ1n) is 6.60. The van der Waals surface area contributed by atoms with E-state index in [0.29, 0.717) is 6.54 Å². The highest BCUT2D eigenvalue weighted by Gasteiger charge is 2.29. The average Bonchev–Trinajstić information content (AvgIpc) is 2.83. The van der Waals surface area contributed by atoms with Crippen molar-refractivity contribution in [3.63, 3.8) is 0 Å². The lowest BCUT2D eigenvalue weighted by molar-refractivity contribution is 0.0588. The molecule has 1 aromatic rings. The van der Waals surface area contributed by atoms with Gasteiger partial charge in [-0.25, -0.2) is 0 Å². The average molecular weight is 276 g/mol. The van der Waals surface area contributed by atoms with E-state index in [2.05, 4.69) is 25.7 Å². The van der Waals surface area contributed by atoms with Crippen molar-refractivity contribution in [2.24, 2.45) is 11.1 Å². The number of nitrogens with zero attached hydrogens (tertiary/aromatic N) is 1. The van der Waals surface area contributed by atoms with Gasteiger partial charge in [0.25, 0.3) is 5.91 Å². The molecule has 4 heteroatoms. The molecule has 0 unspecified atom stereocenters. The van der Waals surface area contributed by atoms with Crippen molar-refractivity contribution in [2.45, 2.75) is 26.7 Å². The second kappa shape index (κ2) is 5.77. The smallest absolute Gasteiger partial charge is 0.263 e. The SMILES string of the molecule is CC1(C)CCCN(C(=O)c2ccc(C#CCN)s2)C1. The van der Waals surface area contributed by atoms with Crippen LogP contribution in [-0.4, -0.2) is 30.4 Å². The summed E-state index contributed by atoms with van der Waals surface area (Å²) in [5, 5.41) is 0. The van der Waals surface area contributed by atoms with Gasteiger partial charge in [0.2, 0.25) is 0 Å². The number of amides is 1. The third kappa shape index (κ3) is 3.59. The number of hydrogen-bond acceptors (Lipinski definition) is 3. The van der Waals surface area contributed by atoms with Crippen LogP contribution in [0.5, 0.6) is 0 Å². The minimum Gasteiger partial charge on any atom is -0.337 e. The Balaban J connectivity index is 2.09. The van der Waals surface area contributed by atoms with Gasteiger partial charge in [0.1, 0.15) is 0 Å². The molecule has 0 saturated carbocycles. The monoisotopic (exact) mass is 276 g/mol. The molecule has 0 radical (unpaired) electrons. The number of hydrogen-bond donors (Lipinski definition) is 1. The maximum atomic E-state index is 12.4. The molecule has 1 amide bonds. The minimum absolute atomic E-state index is 0.138. The summed E-state index contributed by atoms with van der Waals surface area (Å²) in [6.07, 6.45) is 2.28. The van der Waals surface area contributed by atoms with Gasteiger partial charge in [-0.2, -0.15) is 0 Å². The van der Waals surface area contributed by atoms with E-state index in [1.54, 1.807) is 0 Å². The molecule has 0 spiro atoms. The molecule has 0 aromatic carbocycles. The second-order valence-electron chi connectivity index (χ2n) is 5.66. The summed E-state index contributed by atoms with van der Waals surface area (Å²) in [4.78, 5) is 16.1. The summed E-state index contributed by atoms with van der Waals surface area (Å²) in [5.74, 6) is 5.92. The first kappa shape index (κ1) is 14.1. The Hall–Kier alpha value is -1.31. The predicted octanol–water partition coefficient (Wildman–Crippen LogP) is 2.32. The van der Waals surface area contributed by atoms with E-state index < -0.39 is 0 Å². The maximum Gasteiger partial charge on any atom is 0.263 e. The van der Waals surface area contributed by atoms with Gasteiger partial charge >= 0.3 is 0 Å². The molecular weight excluding hydrogens is 256 g/mol.